The van der Waals surface area contributed by atoms with Gasteiger partial charge in [0.05, 0.1) is 31.9 Å². The van der Waals surface area contributed by atoms with Crippen LogP contribution >= 0.6 is 0 Å². The number of methoxy groups -OCH3 is 2. The van der Waals surface area contributed by atoms with E-state index in [0.29, 0.717) is 12.2 Å². The van der Waals surface area contributed by atoms with Crippen molar-refractivity contribution in [3.63, 3.8) is 0 Å². The van der Waals surface area contributed by atoms with Crippen molar-refractivity contribution in [3.8, 4) is 11.5 Å². The van der Waals surface area contributed by atoms with Gasteiger partial charge in [0.1, 0.15) is 17.3 Å². The molecule has 1 saturated carbocycles. The van der Waals surface area contributed by atoms with Gasteiger partial charge < -0.3 is 14.9 Å². The second kappa shape index (κ2) is 5.30. The number of hydrogen-bond acceptors (Lipinski definition) is 5. The van der Waals surface area contributed by atoms with Crippen molar-refractivity contribution in [1.82, 2.24) is 5.43 Å². The van der Waals surface area contributed by atoms with E-state index in [0.717, 1.165) is 23.4 Å². The highest BCUT2D eigenvalue weighted by Gasteiger charge is 2.46. The number of nitrogens with zero attached hydrogens (tertiary/aromatic N) is 1. The van der Waals surface area contributed by atoms with Crippen molar-refractivity contribution in [2.45, 2.75) is 32.7 Å². The van der Waals surface area contributed by atoms with Crippen LogP contribution in [0.5, 0.6) is 11.5 Å². The quantitative estimate of drug-likeness (QED) is 0.931. The molecule has 5 heteroatoms. The third kappa shape index (κ3) is 2.45. The maximum atomic E-state index is 12.6. The Bertz CT molecular complexity index is 637. The molecule has 22 heavy (non-hydrogen) atoms. The Hall–Kier alpha value is -2.04. The highest BCUT2D eigenvalue weighted by molar-refractivity contribution is 6.16. The Kier molecular flexibility index (Phi) is 3.59. The van der Waals surface area contributed by atoms with E-state index in [2.05, 4.69) is 24.4 Å². The first-order valence-electron chi connectivity index (χ1n) is 7.53. The van der Waals surface area contributed by atoms with Gasteiger partial charge in [-0.1, -0.05) is 13.8 Å². The third-order valence-electron chi connectivity index (χ3n) is 4.50. The summed E-state index contributed by atoms with van der Waals surface area (Å²) in [5.41, 5.74) is 4.82. The molecule has 5 nitrogen and oxygen atoms in total. The molecule has 2 aliphatic rings. The smallest absolute Gasteiger partial charge is 0.144 e. The van der Waals surface area contributed by atoms with E-state index in [1.165, 1.54) is 0 Å². The molecule has 0 amide bonds. The number of fused-ring (bicyclic) bond motifs is 1. The van der Waals surface area contributed by atoms with Gasteiger partial charge in [-0.3, -0.25) is 4.79 Å². The van der Waals surface area contributed by atoms with Gasteiger partial charge >= 0.3 is 0 Å². The maximum Gasteiger partial charge on any atom is 0.144 e. The van der Waals surface area contributed by atoms with Gasteiger partial charge in [-0.15, -0.1) is 0 Å². The normalized spacial score (nSPS) is 26.0. The average molecular weight is 302 g/mol. The zero-order valence-electron chi connectivity index (χ0n) is 13.5. The minimum Gasteiger partial charge on any atom is -0.497 e. The molecule has 2 atom stereocenters. The van der Waals surface area contributed by atoms with E-state index >= 15 is 0 Å². The lowest BCUT2D eigenvalue weighted by Gasteiger charge is -2.36. The lowest BCUT2D eigenvalue weighted by atomic mass is 9.68. The molecule has 1 aromatic carbocycles. The van der Waals surface area contributed by atoms with Crippen molar-refractivity contribution in [3.05, 3.63) is 23.8 Å². The Balaban J connectivity index is 1.95. The molecule has 1 aliphatic heterocycles. The summed E-state index contributed by atoms with van der Waals surface area (Å²) in [6.07, 6.45) is 1.53. The second-order valence-electron chi connectivity index (χ2n) is 6.79. The summed E-state index contributed by atoms with van der Waals surface area (Å²) in [7, 11) is 3.23. The first-order chi connectivity index (χ1) is 10.4. The number of benzene rings is 1. The van der Waals surface area contributed by atoms with E-state index in [-0.39, 0.29) is 23.2 Å². The van der Waals surface area contributed by atoms with E-state index < -0.39 is 0 Å². The minimum atomic E-state index is -0.185. The summed E-state index contributed by atoms with van der Waals surface area (Å²) in [4.78, 5) is 12.6. The first-order valence-corrected chi connectivity index (χ1v) is 7.53. The van der Waals surface area contributed by atoms with Crippen LogP contribution in [0.2, 0.25) is 0 Å². The molecule has 0 spiro atoms. The predicted molar refractivity (Wildman–Crippen MR) is 84.5 cm³/mol. The average Bonchev–Trinajstić information content (AvgIpc) is 2.88. The highest BCUT2D eigenvalue weighted by Crippen LogP contribution is 2.41. The molecule has 1 fully saturated rings. The molecule has 118 valence electrons. The van der Waals surface area contributed by atoms with Crippen LogP contribution in [-0.2, 0) is 4.79 Å². The fourth-order valence-electron chi connectivity index (χ4n) is 3.51. The number of nitrogens with one attached hydrogen (secondary N) is 1. The standard InChI is InChI=1S/C17H22N2O3/c1-17(2)8-12-15(13(20)9-17)16(19-18-12)11-6-5-10(21-3)7-14(11)22-4/h5-7,12,15,18H,8-9H2,1-4H3/t12-,15-/m0/s1. The zero-order chi connectivity index (χ0) is 15.9. The summed E-state index contributed by atoms with van der Waals surface area (Å²) in [6.45, 7) is 4.27. The maximum absolute atomic E-state index is 12.6. The number of hydrogen-bond donors (Lipinski definition) is 1. The molecule has 0 saturated heterocycles. The van der Waals surface area contributed by atoms with Crippen LogP contribution in [0.15, 0.2) is 23.3 Å². The summed E-state index contributed by atoms with van der Waals surface area (Å²) in [6, 6.07) is 5.68. The Morgan fingerprint density at radius 2 is 2.05 bits per heavy atom. The highest BCUT2D eigenvalue weighted by atomic mass is 16.5. The fraction of sp³-hybridized carbons (Fsp3) is 0.529. The molecule has 1 aliphatic carbocycles. The summed E-state index contributed by atoms with van der Waals surface area (Å²) < 4.78 is 10.7. The Morgan fingerprint density at radius 1 is 1.27 bits per heavy atom. The van der Waals surface area contributed by atoms with Crippen molar-refractivity contribution in [1.29, 1.82) is 0 Å². The van der Waals surface area contributed by atoms with Gasteiger partial charge in [0.15, 0.2) is 0 Å². The van der Waals surface area contributed by atoms with Crippen LogP contribution in [0.4, 0.5) is 0 Å². The van der Waals surface area contributed by atoms with Crippen LogP contribution in [0, 0.1) is 11.3 Å². The van der Waals surface area contributed by atoms with Gasteiger partial charge in [0, 0.05) is 18.1 Å². The third-order valence-corrected chi connectivity index (χ3v) is 4.50. The minimum absolute atomic E-state index is 0.0280. The second-order valence-corrected chi connectivity index (χ2v) is 6.79. The van der Waals surface area contributed by atoms with Crippen molar-refractivity contribution >= 4 is 11.5 Å². The number of Topliss-reactive ketones (excluding diaryl/α,β-unsaturated/α-hetero) is 1. The van der Waals surface area contributed by atoms with Gasteiger partial charge in [0.2, 0.25) is 0 Å². The Labute approximate surface area is 130 Å². The van der Waals surface area contributed by atoms with Crippen LogP contribution in [0.25, 0.3) is 0 Å². The molecular weight excluding hydrogens is 280 g/mol. The molecular formula is C17H22N2O3. The number of carbonyl (C=O) groups is 1. The number of carbonyl (C=O) groups excluding carboxylic acids is 1. The van der Waals surface area contributed by atoms with Gasteiger partial charge in [-0.25, -0.2) is 0 Å². The summed E-state index contributed by atoms with van der Waals surface area (Å²) >= 11 is 0. The lowest BCUT2D eigenvalue weighted by molar-refractivity contribution is -0.126. The van der Waals surface area contributed by atoms with E-state index in [1.54, 1.807) is 14.2 Å². The van der Waals surface area contributed by atoms with Gasteiger partial charge in [-0.2, -0.15) is 5.10 Å². The lowest BCUT2D eigenvalue weighted by Crippen LogP contribution is -2.45. The van der Waals surface area contributed by atoms with E-state index in [1.807, 2.05) is 18.2 Å². The van der Waals surface area contributed by atoms with Crippen molar-refractivity contribution in [2.24, 2.45) is 16.4 Å². The van der Waals surface area contributed by atoms with Crippen molar-refractivity contribution < 1.29 is 14.3 Å². The molecule has 0 radical (unpaired) electrons. The molecule has 0 unspecified atom stereocenters. The largest absolute Gasteiger partial charge is 0.497 e. The molecule has 1 aromatic rings. The number of rotatable bonds is 3. The zero-order valence-corrected chi connectivity index (χ0v) is 13.5. The molecule has 0 bridgehead atoms. The summed E-state index contributed by atoms with van der Waals surface area (Å²) in [5.74, 6) is 1.47. The fourth-order valence-corrected chi connectivity index (χ4v) is 3.51. The molecule has 1 heterocycles. The van der Waals surface area contributed by atoms with Gasteiger partial charge in [-0.05, 0) is 24.0 Å². The van der Waals surface area contributed by atoms with E-state index in [9.17, 15) is 4.79 Å². The predicted octanol–water partition coefficient (Wildman–Crippen LogP) is 2.39. The van der Waals surface area contributed by atoms with E-state index in [4.69, 9.17) is 9.47 Å². The molecule has 3 rings (SSSR count). The molecule has 0 aromatic heterocycles. The van der Waals surface area contributed by atoms with Gasteiger partial charge in [0.25, 0.3) is 0 Å². The number of ether oxygens (including phenoxy) is 2. The topological polar surface area (TPSA) is 59.9 Å². The molecule has 1 N–H and O–H groups in total. The van der Waals surface area contributed by atoms with Crippen LogP contribution < -0.4 is 14.9 Å². The summed E-state index contributed by atoms with van der Waals surface area (Å²) in [5, 5.41) is 4.46. The SMILES string of the molecule is COc1ccc(C2=NN[C@H]3CC(C)(C)CC(=O)[C@@H]23)c(OC)c1. The van der Waals surface area contributed by atoms with Crippen LogP contribution in [-0.4, -0.2) is 31.8 Å². The number of ketones is 1. The van der Waals surface area contributed by atoms with Crippen LogP contribution in [0.3, 0.4) is 0 Å². The van der Waals surface area contributed by atoms with Crippen molar-refractivity contribution in [2.75, 3.05) is 14.2 Å². The van der Waals surface area contributed by atoms with Crippen LogP contribution in [0.1, 0.15) is 32.3 Å². The monoisotopic (exact) mass is 302 g/mol. The Morgan fingerprint density at radius 3 is 2.73 bits per heavy atom. The first kappa shape index (κ1) is 14.9. The number of hydrazone groups is 1.